The largest absolute Gasteiger partial charge is 0.488 e. The molecule has 1 atom stereocenters. The molecule has 0 amide bonds. The van der Waals surface area contributed by atoms with Gasteiger partial charge in [0, 0.05) is 19.0 Å². The molecule has 0 heterocycles. The Hall–Kier alpha value is -1.20. The van der Waals surface area contributed by atoms with Crippen molar-refractivity contribution < 1.29 is 18.6 Å². The first kappa shape index (κ1) is 14.2. The monoisotopic (exact) mass is 271 g/mol. The van der Waals surface area contributed by atoms with Crippen molar-refractivity contribution in [2.75, 3.05) is 6.61 Å². The molecule has 0 aromatic heterocycles. The number of aliphatic hydroxyl groups is 1. The van der Waals surface area contributed by atoms with Crippen LogP contribution in [-0.4, -0.2) is 23.9 Å². The Balaban J connectivity index is 1.94. The number of hydrogen-bond donors (Lipinski definition) is 2. The minimum Gasteiger partial charge on any atom is -0.488 e. The van der Waals surface area contributed by atoms with Gasteiger partial charge in [0.1, 0.15) is 0 Å². The molecular formula is C14H19F2NO2. The predicted octanol–water partition coefficient (Wildman–Crippen LogP) is 2.37. The summed E-state index contributed by atoms with van der Waals surface area (Å²) in [5.41, 5.74) is 0.574. The van der Waals surface area contributed by atoms with Crippen LogP contribution in [0.25, 0.3) is 0 Å². The van der Waals surface area contributed by atoms with Crippen molar-refractivity contribution in [1.82, 2.24) is 5.32 Å². The minimum atomic E-state index is -0.696. The summed E-state index contributed by atoms with van der Waals surface area (Å²) < 4.78 is 32.5. The van der Waals surface area contributed by atoms with Gasteiger partial charge in [0.25, 0.3) is 0 Å². The van der Waals surface area contributed by atoms with Crippen LogP contribution >= 0.6 is 0 Å². The Bertz CT molecular complexity index is 410. The molecule has 2 N–H and O–H groups in total. The fourth-order valence-electron chi connectivity index (χ4n) is 1.73. The molecule has 0 spiro atoms. The van der Waals surface area contributed by atoms with Gasteiger partial charge in [0.15, 0.2) is 17.4 Å². The van der Waals surface area contributed by atoms with Crippen LogP contribution in [0, 0.1) is 11.6 Å². The van der Waals surface area contributed by atoms with Crippen LogP contribution < -0.4 is 10.1 Å². The lowest BCUT2D eigenvalue weighted by Crippen LogP contribution is -2.16. The van der Waals surface area contributed by atoms with Crippen LogP contribution in [-0.2, 0) is 6.54 Å². The van der Waals surface area contributed by atoms with Gasteiger partial charge in [0.2, 0.25) is 0 Å². The number of rotatable bonds is 7. The summed E-state index contributed by atoms with van der Waals surface area (Å²) in [6.07, 6.45) is 2.05. The molecular weight excluding hydrogens is 252 g/mol. The van der Waals surface area contributed by atoms with E-state index in [0.29, 0.717) is 24.6 Å². The van der Waals surface area contributed by atoms with Gasteiger partial charge >= 0.3 is 0 Å². The molecule has 1 aromatic rings. The zero-order chi connectivity index (χ0) is 13.8. The van der Waals surface area contributed by atoms with E-state index in [9.17, 15) is 8.78 Å². The summed E-state index contributed by atoms with van der Waals surface area (Å²) in [5.74, 6) is -1.76. The second kappa shape index (κ2) is 6.30. The van der Waals surface area contributed by atoms with Crippen LogP contribution in [0.4, 0.5) is 8.78 Å². The molecule has 3 nitrogen and oxygen atoms in total. The third-order valence-corrected chi connectivity index (χ3v) is 3.01. The summed E-state index contributed by atoms with van der Waals surface area (Å²) in [5, 5.41) is 12.3. The molecule has 0 bridgehead atoms. The van der Waals surface area contributed by atoms with Crippen molar-refractivity contribution >= 4 is 0 Å². The maximum atomic E-state index is 13.7. The van der Waals surface area contributed by atoms with E-state index < -0.39 is 17.7 Å². The third kappa shape index (κ3) is 4.44. The maximum Gasteiger partial charge on any atom is 0.190 e. The highest BCUT2D eigenvalue weighted by atomic mass is 19.1. The van der Waals surface area contributed by atoms with Crippen molar-refractivity contribution in [2.45, 2.75) is 44.9 Å². The number of halogens is 2. The number of ether oxygens (including phenoxy) is 1. The molecule has 1 fully saturated rings. The smallest absolute Gasteiger partial charge is 0.190 e. The molecule has 1 aromatic carbocycles. The molecule has 1 unspecified atom stereocenters. The Labute approximate surface area is 111 Å². The normalized spacial score (nSPS) is 16.4. The van der Waals surface area contributed by atoms with Crippen LogP contribution in [0.2, 0.25) is 0 Å². The molecule has 0 saturated heterocycles. The van der Waals surface area contributed by atoms with Crippen LogP contribution in [0.15, 0.2) is 12.1 Å². The number of aliphatic hydroxyl groups excluding tert-OH is 1. The standard InChI is InChI=1S/C14H19F2NO2/c1-9(18)4-5-19-14-12(15)6-10(7-13(14)16)8-17-11-2-3-11/h6-7,9,11,17-18H,2-5,8H2,1H3. The highest BCUT2D eigenvalue weighted by molar-refractivity contribution is 5.31. The molecule has 2 rings (SSSR count). The molecule has 1 aliphatic carbocycles. The lowest BCUT2D eigenvalue weighted by atomic mass is 10.2. The van der Waals surface area contributed by atoms with Gasteiger partial charge in [-0.1, -0.05) is 0 Å². The van der Waals surface area contributed by atoms with Crippen molar-refractivity contribution in [3.05, 3.63) is 29.3 Å². The van der Waals surface area contributed by atoms with Crippen molar-refractivity contribution in [3.63, 3.8) is 0 Å². The van der Waals surface area contributed by atoms with E-state index in [4.69, 9.17) is 9.84 Å². The lowest BCUT2D eigenvalue weighted by molar-refractivity contribution is 0.151. The molecule has 106 valence electrons. The summed E-state index contributed by atoms with van der Waals surface area (Å²) in [6, 6.07) is 3.07. The zero-order valence-corrected chi connectivity index (χ0v) is 11.0. The number of hydrogen-bond acceptors (Lipinski definition) is 3. The lowest BCUT2D eigenvalue weighted by Gasteiger charge is -2.11. The quantitative estimate of drug-likeness (QED) is 0.800. The van der Waals surface area contributed by atoms with Crippen molar-refractivity contribution in [2.24, 2.45) is 0 Å². The summed E-state index contributed by atoms with van der Waals surface area (Å²) in [6.45, 7) is 2.15. The van der Waals surface area contributed by atoms with Crippen LogP contribution in [0.3, 0.4) is 0 Å². The van der Waals surface area contributed by atoms with E-state index in [1.165, 1.54) is 12.1 Å². The summed E-state index contributed by atoms with van der Waals surface area (Å²) >= 11 is 0. The van der Waals surface area contributed by atoms with Gasteiger partial charge < -0.3 is 15.2 Å². The molecule has 1 saturated carbocycles. The first-order chi connectivity index (χ1) is 9.06. The molecule has 0 aliphatic heterocycles. The SMILES string of the molecule is CC(O)CCOc1c(F)cc(CNC2CC2)cc1F. The summed E-state index contributed by atoms with van der Waals surface area (Å²) in [7, 11) is 0. The van der Waals surface area contributed by atoms with Crippen molar-refractivity contribution in [1.29, 1.82) is 0 Å². The van der Waals surface area contributed by atoms with E-state index in [1.54, 1.807) is 6.92 Å². The number of benzene rings is 1. The van der Waals surface area contributed by atoms with Gasteiger partial charge in [-0.2, -0.15) is 0 Å². The molecule has 1 aliphatic rings. The Morgan fingerprint density at radius 3 is 2.53 bits per heavy atom. The second-order valence-electron chi connectivity index (χ2n) is 5.03. The third-order valence-electron chi connectivity index (χ3n) is 3.01. The molecule has 19 heavy (non-hydrogen) atoms. The zero-order valence-electron chi connectivity index (χ0n) is 11.0. The second-order valence-corrected chi connectivity index (χ2v) is 5.03. The fraction of sp³-hybridized carbons (Fsp3) is 0.571. The highest BCUT2D eigenvalue weighted by Crippen LogP contribution is 2.25. The Morgan fingerprint density at radius 1 is 1.37 bits per heavy atom. The Kier molecular flexibility index (Phi) is 4.71. The van der Waals surface area contributed by atoms with E-state index in [1.807, 2.05) is 0 Å². The van der Waals surface area contributed by atoms with E-state index >= 15 is 0 Å². The highest BCUT2D eigenvalue weighted by Gasteiger charge is 2.20. The van der Waals surface area contributed by atoms with E-state index in [2.05, 4.69) is 5.32 Å². The predicted molar refractivity (Wildman–Crippen MR) is 68.0 cm³/mol. The van der Waals surface area contributed by atoms with Gasteiger partial charge in [0.05, 0.1) is 12.7 Å². The average Bonchev–Trinajstić information content (AvgIpc) is 3.13. The number of nitrogens with one attached hydrogen (secondary N) is 1. The van der Waals surface area contributed by atoms with Gasteiger partial charge in [-0.15, -0.1) is 0 Å². The van der Waals surface area contributed by atoms with E-state index in [0.717, 1.165) is 12.8 Å². The van der Waals surface area contributed by atoms with Crippen molar-refractivity contribution in [3.8, 4) is 5.75 Å². The van der Waals surface area contributed by atoms with Crippen LogP contribution in [0.1, 0.15) is 31.7 Å². The summed E-state index contributed by atoms with van der Waals surface area (Å²) in [4.78, 5) is 0. The first-order valence-electron chi connectivity index (χ1n) is 6.58. The maximum absolute atomic E-state index is 13.7. The first-order valence-corrected chi connectivity index (χ1v) is 6.58. The average molecular weight is 271 g/mol. The topological polar surface area (TPSA) is 41.5 Å². The molecule has 0 radical (unpaired) electrons. The molecule has 5 heteroatoms. The van der Waals surface area contributed by atoms with E-state index in [-0.39, 0.29) is 12.4 Å². The van der Waals surface area contributed by atoms with Gasteiger partial charge in [-0.05, 0) is 37.5 Å². The minimum absolute atomic E-state index is 0.0885. The van der Waals surface area contributed by atoms with Crippen LogP contribution in [0.5, 0.6) is 5.75 Å². The fourth-order valence-corrected chi connectivity index (χ4v) is 1.73. The van der Waals surface area contributed by atoms with Gasteiger partial charge in [-0.25, -0.2) is 8.78 Å². The Morgan fingerprint density at radius 2 is 2.00 bits per heavy atom. The van der Waals surface area contributed by atoms with Gasteiger partial charge in [-0.3, -0.25) is 0 Å².